The fraction of sp³-hybridized carbons (Fsp3) is 0.143. The number of ether oxygens (including phenoxy) is 1. The van der Waals surface area contributed by atoms with E-state index >= 15 is 0 Å². The molecule has 0 fully saturated rings. The van der Waals surface area contributed by atoms with E-state index in [1.165, 1.54) is 10.3 Å². The van der Waals surface area contributed by atoms with Gasteiger partial charge in [0.25, 0.3) is 5.91 Å². The minimum absolute atomic E-state index is 0.241. The highest BCUT2D eigenvalue weighted by molar-refractivity contribution is 7.21. The summed E-state index contributed by atoms with van der Waals surface area (Å²) in [6.07, 6.45) is 0. The summed E-state index contributed by atoms with van der Waals surface area (Å²) in [7, 11) is 0. The average molecular weight is 469 g/mol. The Labute approximate surface area is 202 Å². The van der Waals surface area contributed by atoms with Crippen molar-refractivity contribution in [3.8, 4) is 16.3 Å². The van der Waals surface area contributed by atoms with Gasteiger partial charge < -0.3 is 14.5 Å². The number of amides is 1. The van der Waals surface area contributed by atoms with Gasteiger partial charge in [0.1, 0.15) is 23.1 Å². The summed E-state index contributed by atoms with van der Waals surface area (Å²) < 4.78 is 12.7. The van der Waals surface area contributed by atoms with Crippen LogP contribution in [0.5, 0.6) is 5.75 Å². The van der Waals surface area contributed by atoms with Crippen molar-refractivity contribution in [1.29, 1.82) is 0 Å². The second kappa shape index (κ2) is 9.15. The van der Waals surface area contributed by atoms with Gasteiger partial charge in [-0.2, -0.15) is 0 Å². The average Bonchev–Trinajstić information content (AvgIpc) is 3.47. The highest BCUT2D eigenvalue weighted by atomic mass is 32.1. The Hall–Kier alpha value is -3.90. The van der Waals surface area contributed by atoms with E-state index in [0.717, 1.165) is 33.0 Å². The molecule has 6 heteroatoms. The number of anilines is 1. The van der Waals surface area contributed by atoms with Crippen molar-refractivity contribution < 1.29 is 13.9 Å². The van der Waals surface area contributed by atoms with E-state index in [2.05, 4.69) is 24.4 Å². The summed E-state index contributed by atoms with van der Waals surface area (Å²) in [5, 5.41) is 3.84. The Morgan fingerprint density at radius 3 is 2.53 bits per heavy atom. The molecule has 0 aliphatic heterocycles. The van der Waals surface area contributed by atoms with Crippen LogP contribution in [0, 0.1) is 20.8 Å². The SMILES string of the molecule is Cc1ccc(C)c(OCc2ccc(C(=O)Nc3ccc(-c4nc5ccc(C)cc5s4)cc3)o2)c1. The number of aromatic nitrogens is 1. The van der Waals surface area contributed by atoms with E-state index in [1.54, 1.807) is 23.5 Å². The Kier molecular flexibility index (Phi) is 5.90. The summed E-state index contributed by atoms with van der Waals surface area (Å²) in [5.74, 6) is 1.34. The summed E-state index contributed by atoms with van der Waals surface area (Å²) in [4.78, 5) is 17.4. The van der Waals surface area contributed by atoms with Crippen molar-refractivity contribution in [2.75, 3.05) is 5.32 Å². The van der Waals surface area contributed by atoms with Crippen molar-refractivity contribution in [3.05, 3.63) is 101 Å². The van der Waals surface area contributed by atoms with Gasteiger partial charge in [0, 0.05) is 11.3 Å². The molecule has 0 radical (unpaired) electrons. The van der Waals surface area contributed by atoms with E-state index in [9.17, 15) is 4.79 Å². The molecule has 5 rings (SSSR count). The molecular weight excluding hydrogens is 444 g/mol. The van der Waals surface area contributed by atoms with E-state index in [4.69, 9.17) is 14.1 Å². The van der Waals surface area contributed by atoms with Crippen LogP contribution in [-0.2, 0) is 6.61 Å². The Bertz CT molecular complexity index is 1480. The number of benzene rings is 3. The van der Waals surface area contributed by atoms with Gasteiger partial charge in [-0.25, -0.2) is 4.98 Å². The molecule has 1 amide bonds. The summed E-state index contributed by atoms with van der Waals surface area (Å²) in [6.45, 7) is 6.36. The smallest absolute Gasteiger partial charge is 0.291 e. The van der Waals surface area contributed by atoms with Crippen LogP contribution in [0.25, 0.3) is 20.8 Å². The van der Waals surface area contributed by atoms with Crippen LogP contribution in [0.2, 0.25) is 0 Å². The van der Waals surface area contributed by atoms with E-state index in [1.807, 2.05) is 62.4 Å². The predicted octanol–water partition coefficient (Wildman–Crippen LogP) is 7.31. The fourth-order valence-corrected chi connectivity index (χ4v) is 4.70. The van der Waals surface area contributed by atoms with Gasteiger partial charge in [-0.1, -0.05) is 18.2 Å². The lowest BCUT2D eigenvalue weighted by Gasteiger charge is -2.08. The minimum atomic E-state index is -0.304. The van der Waals surface area contributed by atoms with Crippen LogP contribution in [0.1, 0.15) is 33.0 Å². The van der Waals surface area contributed by atoms with Gasteiger partial charge in [-0.15, -0.1) is 11.3 Å². The minimum Gasteiger partial charge on any atom is -0.485 e. The lowest BCUT2D eigenvalue weighted by Crippen LogP contribution is -2.10. The summed E-state index contributed by atoms with van der Waals surface area (Å²) in [5.41, 5.74) is 6.11. The third kappa shape index (κ3) is 4.72. The van der Waals surface area contributed by atoms with Gasteiger partial charge in [0.15, 0.2) is 5.76 Å². The molecule has 5 nitrogen and oxygen atoms in total. The topological polar surface area (TPSA) is 64.4 Å². The van der Waals surface area contributed by atoms with Crippen LogP contribution in [0.15, 0.2) is 77.2 Å². The zero-order chi connectivity index (χ0) is 23.7. The molecular formula is C28H24N2O3S. The van der Waals surface area contributed by atoms with Gasteiger partial charge in [-0.3, -0.25) is 4.79 Å². The van der Waals surface area contributed by atoms with Crippen molar-refractivity contribution in [2.24, 2.45) is 0 Å². The number of carbonyl (C=O) groups is 1. The van der Waals surface area contributed by atoms with Gasteiger partial charge in [0.05, 0.1) is 10.2 Å². The number of aryl methyl sites for hydroxylation is 3. The van der Waals surface area contributed by atoms with Crippen LogP contribution in [-0.4, -0.2) is 10.9 Å². The fourth-order valence-electron chi connectivity index (χ4n) is 3.63. The molecule has 3 aromatic carbocycles. The monoisotopic (exact) mass is 468 g/mol. The standard InChI is InChI=1S/C28H24N2O3S/c1-17-4-6-19(3)25(14-17)32-16-22-11-13-24(33-22)27(31)29-21-9-7-20(8-10-21)28-30-23-12-5-18(2)15-26(23)34-28/h4-15H,16H2,1-3H3,(H,29,31). The lowest BCUT2D eigenvalue weighted by atomic mass is 10.1. The molecule has 0 spiro atoms. The van der Waals surface area contributed by atoms with Gasteiger partial charge in [-0.05, 0) is 92.1 Å². The summed E-state index contributed by atoms with van der Waals surface area (Å²) in [6, 6.07) is 23.4. The predicted molar refractivity (Wildman–Crippen MR) is 137 cm³/mol. The molecule has 2 heterocycles. The lowest BCUT2D eigenvalue weighted by molar-refractivity contribution is 0.0992. The molecule has 1 N–H and O–H groups in total. The molecule has 0 saturated carbocycles. The second-order valence-corrected chi connectivity index (χ2v) is 9.38. The van der Waals surface area contributed by atoms with Crippen LogP contribution in [0.3, 0.4) is 0 Å². The molecule has 34 heavy (non-hydrogen) atoms. The second-order valence-electron chi connectivity index (χ2n) is 8.35. The summed E-state index contributed by atoms with van der Waals surface area (Å²) >= 11 is 1.66. The molecule has 0 aliphatic rings. The van der Waals surface area contributed by atoms with E-state index in [0.29, 0.717) is 11.4 Å². The van der Waals surface area contributed by atoms with E-state index < -0.39 is 0 Å². The number of fused-ring (bicyclic) bond motifs is 1. The van der Waals surface area contributed by atoms with Crippen molar-refractivity contribution in [3.63, 3.8) is 0 Å². The first kappa shape index (κ1) is 21.9. The third-order valence-corrected chi connectivity index (χ3v) is 6.60. The molecule has 0 aliphatic carbocycles. The number of nitrogens with one attached hydrogen (secondary N) is 1. The number of nitrogens with zero attached hydrogens (tertiary/aromatic N) is 1. The highest BCUT2D eigenvalue weighted by Crippen LogP contribution is 2.31. The van der Waals surface area contributed by atoms with Crippen LogP contribution in [0.4, 0.5) is 5.69 Å². The zero-order valence-corrected chi connectivity index (χ0v) is 20.0. The normalized spacial score (nSPS) is 11.0. The van der Waals surface area contributed by atoms with Crippen molar-refractivity contribution in [2.45, 2.75) is 27.4 Å². The first-order chi connectivity index (χ1) is 16.4. The van der Waals surface area contributed by atoms with Crippen LogP contribution >= 0.6 is 11.3 Å². The quantitative estimate of drug-likeness (QED) is 0.284. The van der Waals surface area contributed by atoms with Crippen molar-refractivity contribution >= 4 is 33.1 Å². The Morgan fingerprint density at radius 2 is 1.71 bits per heavy atom. The maximum atomic E-state index is 12.6. The molecule has 2 aromatic heterocycles. The third-order valence-electron chi connectivity index (χ3n) is 5.53. The van der Waals surface area contributed by atoms with Gasteiger partial charge in [0.2, 0.25) is 0 Å². The Balaban J connectivity index is 1.23. The molecule has 5 aromatic rings. The number of thiazole rings is 1. The first-order valence-corrected chi connectivity index (χ1v) is 11.8. The van der Waals surface area contributed by atoms with Crippen LogP contribution < -0.4 is 10.1 Å². The van der Waals surface area contributed by atoms with E-state index in [-0.39, 0.29) is 18.3 Å². The zero-order valence-electron chi connectivity index (χ0n) is 19.2. The van der Waals surface area contributed by atoms with Crippen molar-refractivity contribution in [1.82, 2.24) is 4.98 Å². The molecule has 0 atom stereocenters. The molecule has 170 valence electrons. The largest absolute Gasteiger partial charge is 0.485 e. The number of carbonyl (C=O) groups excluding carboxylic acids is 1. The maximum Gasteiger partial charge on any atom is 0.291 e. The highest BCUT2D eigenvalue weighted by Gasteiger charge is 2.13. The number of hydrogen-bond acceptors (Lipinski definition) is 5. The maximum absolute atomic E-state index is 12.6. The molecule has 0 unspecified atom stereocenters. The first-order valence-electron chi connectivity index (χ1n) is 11.0. The number of hydrogen-bond donors (Lipinski definition) is 1. The van der Waals surface area contributed by atoms with Gasteiger partial charge >= 0.3 is 0 Å². The number of furan rings is 1. The number of rotatable bonds is 6. The molecule has 0 bridgehead atoms. The molecule has 0 saturated heterocycles. The Morgan fingerprint density at radius 1 is 0.941 bits per heavy atom.